The largest absolute Gasteiger partial charge is 0.377 e. The van der Waals surface area contributed by atoms with Crippen LogP contribution in [0.5, 0.6) is 0 Å². The summed E-state index contributed by atoms with van der Waals surface area (Å²) in [6, 6.07) is 0. The van der Waals surface area contributed by atoms with E-state index < -0.39 is 0 Å². The van der Waals surface area contributed by atoms with Gasteiger partial charge in [0.25, 0.3) is 0 Å². The van der Waals surface area contributed by atoms with Gasteiger partial charge in [0.2, 0.25) is 0 Å². The monoisotopic (exact) mass is 141 g/mol. The molecule has 2 unspecified atom stereocenters. The summed E-state index contributed by atoms with van der Waals surface area (Å²) in [6.07, 6.45) is 4.66. The van der Waals surface area contributed by atoms with E-state index >= 15 is 0 Å². The van der Waals surface area contributed by atoms with Crippen molar-refractivity contribution in [1.29, 1.82) is 0 Å². The van der Waals surface area contributed by atoms with E-state index in [1.165, 1.54) is 25.8 Å². The van der Waals surface area contributed by atoms with Crippen LogP contribution in [0.25, 0.3) is 0 Å². The number of hydrogen-bond acceptors (Lipinski definition) is 2. The van der Waals surface area contributed by atoms with Crippen molar-refractivity contribution in [2.45, 2.75) is 25.4 Å². The first-order valence-electron chi connectivity index (χ1n) is 4.29. The quantitative estimate of drug-likeness (QED) is 0.538. The molecule has 10 heavy (non-hydrogen) atoms. The molecule has 1 heterocycles. The standard InChI is InChI=1S/C8H15NO/c1-2-8-7(1)3-4-9-5-6-10-8/h7-9H,1-6H2. The lowest BCUT2D eigenvalue weighted by molar-refractivity contribution is -0.0544. The van der Waals surface area contributed by atoms with E-state index in [-0.39, 0.29) is 0 Å². The first-order chi connectivity index (χ1) is 4.97. The normalized spacial score (nSPS) is 40.8. The molecule has 2 heteroatoms. The Labute approximate surface area is 61.9 Å². The molecule has 0 aromatic carbocycles. The summed E-state index contributed by atoms with van der Waals surface area (Å²) in [7, 11) is 0. The molecule has 0 radical (unpaired) electrons. The molecule has 0 amide bonds. The van der Waals surface area contributed by atoms with Gasteiger partial charge in [-0.2, -0.15) is 0 Å². The minimum absolute atomic E-state index is 0.627. The van der Waals surface area contributed by atoms with Crippen LogP contribution >= 0.6 is 0 Å². The molecule has 1 aliphatic carbocycles. The number of rotatable bonds is 0. The van der Waals surface area contributed by atoms with Crippen LogP contribution in [0.2, 0.25) is 0 Å². The maximum atomic E-state index is 5.62. The summed E-state index contributed by atoms with van der Waals surface area (Å²) in [4.78, 5) is 0. The fourth-order valence-electron chi connectivity index (χ4n) is 1.78. The molecule has 0 spiro atoms. The van der Waals surface area contributed by atoms with Crippen LogP contribution in [-0.4, -0.2) is 25.8 Å². The van der Waals surface area contributed by atoms with Crippen LogP contribution in [0.1, 0.15) is 19.3 Å². The zero-order valence-electron chi connectivity index (χ0n) is 6.31. The Morgan fingerprint density at radius 2 is 2.10 bits per heavy atom. The average molecular weight is 141 g/mol. The first kappa shape index (κ1) is 6.62. The molecular formula is C8H15NO. The summed E-state index contributed by atoms with van der Waals surface area (Å²) in [5.74, 6) is 0.882. The molecule has 0 aromatic rings. The Balaban J connectivity index is 1.83. The van der Waals surface area contributed by atoms with Crippen LogP contribution < -0.4 is 5.32 Å². The number of hydrogen-bond donors (Lipinski definition) is 1. The van der Waals surface area contributed by atoms with E-state index in [2.05, 4.69) is 5.32 Å². The van der Waals surface area contributed by atoms with E-state index in [9.17, 15) is 0 Å². The lowest BCUT2D eigenvalue weighted by Crippen LogP contribution is -2.40. The van der Waals surface area contributed by atoms with E-state index in [1.54, 1.807) is 0 Å². The molecule has 58 valence electrons. The zero-order valence-corrected chi connectivity index (χ0v) is 6.31. The molecule has 0 aromatic heterocycles. The summed E-state index contributed by atoms with van der Waals surface area (Å²) in [5.41, 5.74) is 0. The summed E-state index contributed by atoms with van der Waals surface area (Å²) in [5, 5.41) is 3.35. The number of ether oxygens (including phenoxy) is 1. The van der Waals surface area contributed by atoms with Crippen molar-refractivity contribution in [1.82, 2.24) is 5.32 Å². The second kappa shape index (κ2) is 2.89. The van der Waals surface area contributed by atoms with Gasteiger partial charge in [0.15, 0.2) is 0 Å². The van der Waals surface area contributed by atoms with Crippen molar-refractivity contribution in [2.24, 2.45) is 5.92 Å². The minimum Gasteiger partial charge on any atom is -0.377 e. The topological polar surface area (TPSA) is 21.3 Å². The Bertz CT molecular complexity index is 102. The molecule has 1 N–H and O–H groups in total. The molecule has 1 aliphatic heterocycles. The Hall–Kier alpha value is -0.0800. The van der Waals surface area contributed by atoms with Crippen LogP contribution in [0.3, 0.4) is 0 Å². The highest BCUT2D eigenvalue weighted by molar-refractivity contribution is 4.83. The zero-order chi connectivity index (χ0) is 6.81. The maximum absolute atomic E-state index is 5.62. The van der Waals surface area contributed by atoms with E-state index in [1.807, 2.05) is 0 Å². The van der Waals surface area contributed by atoms with Gasteiger partial charge in [0.1, 0.15) is 0 Å². The minimum atomic E-state index is 0.627. The molecule has 2 rings (SSSR count). The second-order valence-electron chi connectivity index (χ2n) is 3.29. The third kappa shape index (κ3) is 1.18. The lowest BCUT2D eigenvalue weighted by atomic mass is 9.79. The Kier molecular flexibility index (Phi) is 1.91. The van der Waals surface area contributed by atoms with Crippen LogP contribution in [0.15, 0.2) is 0 Å². The molecule has 1 saturated carbocycles. The third-order valence-corrected chi connectivity index (χ3v) is 2.65. The Morgan fingerprint density at radius 3 is 2.90 bits per heavy atom. The van der Waals surface area contributed by atoms with Gasteiger partial charge in [0, 0.05) is 6.54 Å². The summed E-state index contributed by atoms with van der Waals surface area (Å²) in [6.45, 7) is 3.16. The highest BCUT2D eigenvalue weighted by atomic mass is 16.5. The molecule has 2 nitrogen and oxygen atoms in total. The predicted octanol–water partition coefficient (Wildman–Crippen LogP) is 0.775. The van der Waals surface area contributed by atoms with Crippen molar-refractivity contribution >= 4 is 0 Å². The molecule has 2 fully saturated rings. The summed E-state index contributed by atoms with van der Waals surface area (Å²) < 4.78 is 5.62. The maximum Gasteiger partial charge on any atom is 0.0604 e. The number of fused-ring (bicyclic) bond motifs is 1. The lowest BCUT2D eigenvalue weighted by Gasteiger charge is -2.38. The smallest absolute Gasteiger partial charge is 0.0604 e. The van der Waals surface area contributed by atoms with E-state index in [4.69, 9.17) is 4.74 Å². The highest BCUT2D eigenvalue weighted by Crippen LogP contribution is 2.32. The van der Waals surface area contributed by atoms with Crippen molar-refractivity contribution in [3.8, 4) is 0 Å². The van der Waals surface area contributed by atoms with E-state index in [0.717, 1.165) is 19.1 Å². The fourth-order valence-corrected chi connectivity index (χ4v) is 1.78. The second-order valence-corrected chi connectivity index (χ2v) is 3.29. The van der Waals surface area contributed by atoms with Gasteiger partial charge >= 0.3 is 0 Å². The SMILES string of the molecule is C1COC2CCC2CCN1. The molecule has 2 aliphatic rings. The van der Waals surface area contributed by atoms with Gasteiger partial charge in [-0.3, -0.25) is 0 Å². The van der Waals surface area contributed by atoms with Gasteiger partial charge in [0.05, 0.1) is 12.7 Å². The Morgan fingerprint density at radius 1 is 1.10 bits per heavy atom. The summed E-state index contributed by atoms with van der Waals surface area (Å²) >= 11 is 0. The van der Waals surface area contributed by atoms with Crippen molar-refractivity contribution in [3.05, 3.63) is 0 Å². The molecule has 2 atom stereocenters. The average Bonchev–Trinajstić information content (AvgIpc) is 1.89. The molecular weight excluding hydrogens is 126 g/mol. The van der Waals surface area contributed by atoms with Gasteiger partial charge in [-0.25, -0.2) is 0 Å². The highest BCUT2D eigenvalue weighted by Gasteiger charge is 2.31. The fraction of sp³-hybridized carbons (Fsp3) is 1.00. The first-order valence-corrected chi connectivity index (χ1v) is 4.29. The van der Waals surface area contributed by atoms with Crippen LogP contribution in [-0.2, 0) is 4.74 Å². The van der Waals surface area contributed by atoms with Crippen LogP contribution in [0, 0.1) is 5.92 Å². The predicted molar refractivity (Wildman–Crippen MR) is 40.0 cm³/mol. The van der Waals surface area contributed by atoms with Gasteiger partial charge in [-0.05, 0) is 31.7 Å². The number of nitrogens with one attached hydrogen (secondary N) is 1. The molecule has 1 saturated heterocycles. The van der Waals surface area contributed by atoms with Gasteiger partial charge in [-0.1, -0.05) is 0 Å². The van der Waals surface area contributed by atoms with Crippen molar-refractivity contribution in [2.75, 3.05) is 19.7 Å². The molecule has 0 bridgehead atoms. The van der Waals surface area contributed by atoms with Crippen molar-refractivity contribution < 1.29 is 4.74 Å². The van der Waals surface area contributed by atoms with Gasteiger partial charge in [-0.15, -0.1) is 0 Å². The van der Waals surface area contributed by atoms with Crippen LogP contribution in [0.4, 0.5) is 0 Å². The van der Waals surface area contributed by atoms with Crippen molar-refractivity contribution in [3.63, 3.8) is 0 Å². The van der Waals surface area contributed by atoms with E-state index in [0.29, 0.717) is 6.10 Å². The third-order valence-electron chi connectivity index (χ3n) is 2.65. The van der Waals surface area contributed by atoms with Gasteiger partial charge < -0.3 is 10.1 Å².